The number of likely N-dealkylation sites (tertiary alicyclic amines) is 2. The molecule has 7 heteroatoms. The minimum Gasteiger partial charge on any atom is -0.370 e. The third-order valence-corrected chi connectivity index (χ3v) is 5.69. The molecule has 0 radical (unpaired) electrons. The molecular weight excluding hydrogens is 366 g/mol. The van der Waals surface area contributed by atoms with Crippen molar-refractivity contribution in [3.05, 3.63) is 35.4 Å². The Morgan fingerprint density at radius 2 is 2.03 bits per heavy atom. The number of nitrogens with one attached hydrogen (secondary N) is 1. The molecule has 2 fully saturated rings. The van der Waals surface area contributed by atoms with Crippen LogP contribution >= 0.6 is 0 Å². The van der Waals surface area contributed by atoms with Crippen molar-refractivity contribution >= 4 is 17.8 Å². The summed E-state index contributed by atoms with van der Waals surface area (Å²) in [7, 11) is 0. The van der Waals surface area contributed by atoms with E-state index in [4.69, 9.17) is 10.7 Å². The summed E-state index contributed by atoms with van der Waals surface area (Å²) >= 11 is 0. The number of hydrogen-bond acceptors (Lipinski definition) is 3. The fourth-order valence-corrected chi connectivity index (χ4v) is 4.24. The van der Waals surface area contributed by atoms with Crippen LogP contribution in [0.1, 0.15) is 50.2 Å². The van der Waals surface area contributed by atoms with Crippen LogP contribution in [0.3, 0.4) is 0 Å². The first kappa shape index (κ1) is 21.1. The molecule has 3 rings (SSSR count). The SMILES string of the molecule is CCNC(=NCc1ccccc1CN1CCCC1=O)N1CCCC(CC(N)=O)C1. The second kappa shape index (κ2) is 10.3. The van der Waals surface area contributed by atoms with Crippen LogP contribution in [0.15, 0.2) is 29.3 Å². The van der Waals surface area contributed by atoms with E-state index in [1.807, 2.05) is 17.0 Å². The Morgan fingerprint density at radius 3 is 2.72 bits per heavy atom. The van der Waals surface area contributed by atoms with Gasteiger partial charge in [0.15, 0.2) is 5.96 Å². The maximum atomic E-state index is 12.0. The molecule has 0 spiro atoms. The third-order valence-electron chi connectivity index (χ3n) is 5.69. The van der Waals surface area contributed by atoms with Gasteiger partial charge in [-0.15, -0.1) is 0 Å². The highest BCUT2D eigenvalue weighted by atomic mass is 16.2. The second-order valence-corrected chi connectivity index (χ2v) is 7.98. The van der Waals surface area contributed by atoms with E-state index in [1.165, 1.54) is 0 Å². The molecule has 0 saturated carbocycles. The number of amides is 2. The zero-order valence-electron chi connectivity index (χ0n) is 17.4. The smallest absolute Gasteiger partial charge is 0.222 e. The lowest BCUT2D eigenvalue weighted by Crippen LogP contribution is -2.47. The van der Waals surface area contributed by atoms with Crippen LogP contribution in [-0.2, 0) is 22.7 Å². The summed E-state index contributed by atoms with van der Waals surface area (Å²) < 4.78 is 0. The molecule has 0 aromatic heterocycles. The van der Waals surface area contributed by atoms with Gasteiger partial charge in [0.25, 0.3) is 0 Å². The molecule has 2 aliphatic heterocycles. The van der Waals surface area contributed by atoms with Crippen LogP contribution < -0.4 is 11.1 Å². The summed E-state index contributed by atoms with van der Waals surface area (Å²) in [6, 6.07) is 8.23. The number of primary amides is 1. The zero-order valence-corrected chi connectivity index (χ0v) is 17.4. The van der Waals surface area contributed by atoms with Crippen molar-refractivity contribution < 1.29 is 9.59 Å². The molecule has 0 aliphatic carbocycles. The maximum Gasteiger partial charge on any atom is 0.222 e. The van der Waals surface area contributed by atoms with Crippen LogP contribution in [0, 0.1) is 5.92 Å². The van der Waals surface area contributed by atoms with Crippen LogP contribution in [0.4, 0.5) is 0 Å². The summed E-state index contributed by atoms with van der Waals surface area (Å²) in [6.07, 6.45) is 4.11. The van der Waals surface area contributed by atoms with E-state index in [2.05, 4.69) is 29.3 Å². The molecule has 1 unspecified atom stereocenters. The van der Waals surface area contributed by atoms with Crippen molar-refractivity contribution in [2.24, 2.45) is 16.6 Å². The quantitative estimate of drug-likeness (QED) is 0.541. The number of nitrogens with two attached hydrogens (primary N) is 1. The molecule has 1 aromatic carbocycles. The lowest BCUT2D eigenvalue weighted by atomic mass is 9.95. The van der Waals surface area contributed by atoms with Crippen molar-refractivity contribution in [2.45, 2.75) is 52.1 Å². The number of piperidine rings is 1. The Balaban J connectivity index is 1.70. The first-order valence-corrected chi connectivity index (χ1v) is 10.7. The Kier molecular flexibility index (Phi) is 7.49. The fourth-order valence-electron chi connectivity index (χ4n) is 4.24. The van der Waals surface area contributed by atoms with E-state index < -0.39 is 0 Å². The molecule has 2 aliphatic rings. The standard InChI is InChI=1S/C22H33N5O2/c1-2-24-22(27-12-5-7-17(15-27)13-20(23)28)25-14-18-8-3-4-9-19(18)16-26-11-6-10-21(26)29/h3-4,8-9,17H,2,5-7,10-16H2,1H3,(H2,23,28)(H,24,25). The molecule has 2 heterocycles. The van der Waals surface area contributed by atoms with Gasteiger partial charge in [-0.1, -0.05) is 24.3 Å². The summed E-state index contributed by atoms with van der Waals surface area (Å²) in [6.45, 7) is 6.66. The average molecular weight is 400 g/mol. The Morgan fingerprint density at radius 1 is 1.24 bits per heavy atom. The topological polar surface area (TPSA) is 91.0 Å². The van der Waals surface area contributed by atoms with Crippen LogP contribution in [-0.4, -0.2) is 53.8 Å². The summed E-state index contributed by atoms with van der Waals surface area (Å²) in [5, 5.41) is 3.39. The highest BCUT2D eigenvalue weighted by Crippen LogP contribution is 2.21. The van der Waals surface area contributed by atoms with Crippen LogP contribution in [0.2, 0.25) is 0 Å². The first-order chi connectivity index (χ1) is 14.1. The molecule has 0 bridgehead atoms. The number of rotatable bonds is 7. The van der Waals surface area contributed by atoms with Gasteiger partial charge < -0.3 is 20.9 Å². The monoisotopic (exact) mass is 399 g/mol. The fraction of sp³-hybridized carbons (Fsp3) is 0.591. The summed E-state index contributed by atoms with van der Waals surface area (Å²) in [5.41, 5.74) is 7.71. The van der Waals surface area contributed by atoms with Gasteiger partial charge in [-0.2, -0.15) is 0 Å². The second-order valence-electron chi connectivity index (χ2n) is 7.98. The molecule has 2 saturated heterocycles. The largest absolute Gasteiger partial charge is 0.370 e. The van der Waals surface area contributed by atoms with Crippen molar-refractivity contribution in [1.82, 2.24) is 15.1 Å². The van der Waals surface area contributed by atoms with Crippen molar-refractivity contribution in [3.63, 3.8) is 0 Å². The number of guanidine groups is 1. The molecule has 158 valence electrons. The van der Waals surface area contributed by atoms with E-state index in [9.17, 15) is 9.59 Å². The van der Waals surface area contributed by atoms with E-state index in [1.54, 1.807) is 0 Å². The lowest BCUT2D eigenvalue weighted by molar-refractivity contribution is -0.128. The average Bonchev–Trinajstić information content (AvgIpc) is 3.10. The predicted molar refractivity (Wildman–Crippen MR) is 114 cm³/mol. The Bertz CT molecular complexity index is 748. The highest BCUT2D eigenvalue weighted by molar-refractivity contribution is 5.80. The van der Waals surface area contributed by atoms with Gasteiger partial charge in [0.2, 0.25) is 11.8 Å². The summed E-state index contributed by atoms with van der Waals surface area (Å²) in [4.78, 5) is 32.4. The number of hydrogen-bond donors (Lipinski definition) is 2. The van der Waals surface area contributed by atoms with Crippen LogP contribution in [0.25, 0.3) is 0 Å². The van der Waals surface area contributed by atoms with Gasteiger partial charge in [0.05, 0.1) is 6.54 Å². The number of nitrogens with zero attached hydrogens (tertiary/aromatic N) is 3. The number of aliphatic imine (C=N–C) groups is 1. The van der Waals surface area contributed by atoms with Crippen molar-refractivity contribution in [1.29, 1.82) is 0 Å². The number of benzene rings is 1. The van der Waals surface area contributed by atoms with Crippen molar-refractivity contribution in [3.8, 4) is 0 Å². The molecule has 1 aromatic rings. The highest BCUT2D eigenvalue weighted by Gasteiger charge is 2.24. The maximum absolute atomic E-state index is 12.0. The van der Waals surface area contributed by atoms with E-state index in [0.717, 1.165) is 62.5 Å². The summed E-state index contributed by atoms with van der Waals surface area (Å²) in [5.74, 6) is 1.18. The van der Waals surface area contributed by atoms with Gasteiger partial charge in [-0.3, -0.25) is 9.59 Å². The normalized spacial score (nSPS) is 20.2. The van der Waals surface area contributed by atoms with E-state index >= 15 is 0 Å². The van der Waals surface area contributed by atoms with Gasteiger partial charge in [0.1, 0.15) is 0 Å². The van der Waals surface area contributed by atoms with E-state index in [-0.39, 0.29) is 11.8 Å². The molecular formula is C22H33N5O2. The zero-order chi connectivity index (χ0) is 20.6. The number of carbonyl (C=O) groups is 2. The Labute approximate surface area is 173 Å². The molecule has 1 atom stereocenters. The third kappa shape index (κ3) is 5.95. The van der Waals surface area contributed by atoms with Crippen molar-refractivity contribution in [2.75, 3.05) is 26.2 Å². The predicted octanol–water partition coefficient (Wildman–Crippen LogP) is 1.86. The molecule has 29 heavy (non-hydrogen) atoms. The van der Waals surface area contributed by atoms with Gasteiger partial charge in [-0.25, -0.2) is 4.99 Å². The first-order valence-electron chi connectivity index (χ1n) is 10.7. The lowest BCUT2D eigenvalue weighted by Gasteiger charge is -2.34. The number of carbonyl (C=O) groups excluding carboxylic acids is 2. The molecule has 7 nitrogen and oxygen atoms in total. The molecule has 3 N–H and O–H groups in total. The minimum atomic E-state index is -0.232. The van der Waals surface area contributed by atoms with Crippen LogP contribution in [0.5, 0.6) is 0 Å². The minimum absolute atomic E-state index is 0.232. The van der Waals surface area contributed by atoms with Gasteiger partial charge in [0, 0.05) is 45.6 Å². The Hall–Kier alpha value is -2.57. The van der Waals surface area contributed by atoms with Gasteiger partial charge in [-0.05, 0) is 43.2 Å². The van der Waals surface area contributed by atoms with Gasteiger partial charge >= 0.3 is 0 Å². The van der Waals surface area contributed by atoms with E-state index in [0.29, 0.717) is 31.8 Å². The molecule has 2 amide bonds.